The maximum atomic E-state index is 14.0. The van der Waals surface area contributed by atoms with E-state index in [1.54, 1.807) is 32.9 Å². The minimum Gasteiger partial charge on any atom is -0.481 e. The van der Waals surface area contributed by atoms with Crippen molar-refractivity contribution in [2.24, 2.45) is 5.92 Å². The second-order valence-electron chi connectivity index (χ2n) is 11.3. The zero-order valence-corrected chi connectivity index (χ0v) is 22.8. The molecule has 41 heavy (non-hydrogen) atoms. The van der Waals surface area contributed by atoms with Crippen molar-refractivity contribution in [3.63, 3.8) is 0 Å². The van der Waals surface area contributed by atoms with E-state index >= 15 is 0 Å². The van der Waals surface area contributed by atoms with Crippen LogP contribution in [0.5, 0.6) is 0 Å². The number of hydrogen-bond acceptors (Lipinski definition) is 2. The van der Waals surface area contributed by atoms with E-state index in [0.29, 0.717) is 53.6 Å². The molecule has 0 saturated heterocycles. The molecule has 1 fully saturated rings. The van der Waals surface area contributed by atoms with E-state index < -0.39 is 40.7 Å². The van der Waals surface area contributed by atoms with Crippen LogP contribution in [0.1, 0.15) is 85.4 Å². The molecule has 10 heteroatoms. The minimum absolute atomic E-state index is 0.00195. The van der Waals surface area contributed by atoms with Crippen molar-refractivity contribution in [2.45, 2.75) is 76.6 Å². The van der Waals surface area contributed by atoms with E-state index in [1.807, 2.05) is 0 Å². The zero-order valence-electron chi connectivity index (χ0n) is 22.8. The standard InChI is InChI=1S/C31H30F7NO2/c1-17-10-23(32)8-9-24(17)25-15-27(19-6-4-18(5-7-19)11-28(40)41)39-16-26(25)29(2,3)20-12-21(30(33,34)35)14-22(13-20)31(36,37)38/h8-10,12-16,18-19H,4-7,11H2,1-3H3,(H,40,41). The fourth-order valence-corrected chi connectivity index (χ4v) is 5.73. The highest BCUT2D eigenvalue weighted by molar-refractivity contribution is 5.73. The molecule has 1 aliphatic rings. The second kappa shape index (κ2) is 11.1. The van der Waals surface area contributed by atoms with E-state index in [4.69, 9.17) is 5.11 Å². The number of alkyl halides is 6. The lowest BCUT2D eigenvalue weighted by molar-refractivity contribution is -0.143. The fourth-order valence-electron chi connectivity index (χ4n) is 5.73. The van der Waals surface area contributed by atoms with Crippen LogP contribution in [0.25, 0.3) is 11.1 Å². The Hall–Kier alpha value is -3.43. The van der Waals surface area contributed by atoms with Gasteiger partial charge in [-0.2, -0.15) is 26.3 Å². The van der Waals surface area contributed by atoms with Crippen LogP contribution in [-0.4, -0.2) is 16.1 Å². The summed E-state index contributed by atoms with van der Waals surface area (Å²) in [5, 5.41) is 9.12. The first kappa shape index (κ1) is 30.5. The van der Waals surface area contributed by atoms with Crippen molar-refractivity contribution in [1.29, 1.82) is 0 Å². The topological polar surface area (TPSA) is 50.2 Å². The van der Waals surface area contributed by atoms with Gasteiger partial charge in [-0.3, -0.25) is 9.78 Å². The molecule has 0 spiro atoms. The molecule has 1 heterocycles. The normalized spacial score (nSPS) is 18.4. The van der Waals surface area contributed by atoms with Crippen LogP contribution in [0.4, 0.5) is 30.7 Å². The molecule has 1 N–H and O–H groups in total. The lowest BCUT2D eigenvalue weighted by atomic mass is 9.73. The highest BCUT2D eigenvalue weighted by Crippen LogP contribution is 2.45. The predicted octanol–water partition coefficient (Wildman–Crippen LogP) is 9.31. The molecule has 3 aromatic rings. The lowest BCUT2D eigenvalue weighted by Gasteiger charge is -2.32. The Bertz CT molecular complexity index is 1400. The molecule has 1 aliphatic carbocycles. The number of carbonyl (C=O) groups is 1. The van der Waals surface area contributed by atoms with Gasteiger partial charge in [-0.1, -0.05) is 19.9 Å². The molecule has 4 rings (SSSR count). The number of aromatic nitrogens is 1. The van der Waals surface area contributed by atoms with E-state index in [2.05, 4.69) is 4.98 Å². The van der Waals surface area contributed by atoms with Crippen LogP contribution in [0.2, 0.25) is 0 Å². The molecular formula is C31H30F7NO2. The monoisotopic (exact) mass is 581 g/mol. The summed E-state index contributed by atoms with van der Waals surface area (Å²) in [5.74, 6) is -1.27. The third-order valence-corrected chi connectivity index (χ3v) is 8.11. The maximum Gasteiger partial charge on any atom is 0.416 e. The Morgan fingerprint density at radius 2 is 1.41 bits per heavy atom. The van der Waals surface area contributed by atoms with E-state index in [-0.39, 0.29) is 29.9 Å². The van der Waals surface area contributed by atoms with Crippen molar-refractivity contribution in [3.8, 4) is 11.1 Å². The van der Waals surface area contributed by atoms with Crippen molar-refractivity contribution < 1.29 is 40.6 Å². The molecule has 220 valence electrons. The minimum atomic E-state index is -5.00. The molecule has 3 nitrogen and oxygen atoms in total. The maximum absolute atomic E-state index is 14.0. The zero-order chi connectivity index (χ0) is 30.3. The highest BCUT2D eigenvalue weighted by Gasteiger charge is 2.39. The molecular weight excluding hydrogens is 551 g/mol. The third-order valence-electron chi connectivity index (χ3n) is 8.11. The number of pyridine rings is 1. The van der Waals surface area contributed by atoms with E-state index in [9.17, 15) is 35.5 Å². The van der Waals surface area contributed by atoms with Gasteiger partial charge >= 0.3 is 18.3 Å². The van der Waals surface area contributed by atoms with Gasteiger partial charge in [-0.05, 0) is 103 Å². The van der Waals surface area contributed by atoms with E-state index in [1.165, 1.54) is 18.3 Å². The number of hydrogen-bond donors (Lipinski definition) is 1. The van der Waals surface area contributed by atoms with Gasteiger partial charge < -0.3 is 5.11 Å². The van der Waals surface area contributed by atoms with Crippen LogP contribution in [0.3, 0.4) is 0 Å². The number of aryl methyl sites for hydroxylation is 1. The summed E-state index contributed by atoms with van der Waals surface area (Å²) in [4.78, 5) is 15.7. The van der Waals surface area contributed by atoms with Crippen LogP contribution < -0.4 is 0 Å². The second-order valence-corrected chi connectivity index (χ2v) is 11.3. The number of carboxylic acid groups (broad SMARTS) is 1. The Morgan fingerprint density at radius 3 is 1.93 bits per heavy atom. The van der Waals surface area contributed by atoms with Crippen LogP contribution in [-0.2, 0) is 22.6 Å². The summed E-state index contributed by atoms with van der Waals surface area (Å²) < 4.78 is 96.0. The van der Waals surface area contributed by atoms with Crippen LogP contribution >= 0.6 is 0 Å². The first-order valence-electron chi connectivity index (χ1n) is 13.3. The van der Waals surface area contributed by atoms with Gasteiger partial charge in [0.05, 0.1) is 11.1 Å². The van der Waals surface area contributed by atoms with Gasteiger partial charge in [0.1, 0.15) is 5.82 Å². The van der Waals surface area contributed by atoms with Crippen LogP contribution in [0, 0.1) is 18.7 Å². The quantitative estimate of drug-likeness (QED) is 0.295. The van der Waals surface area contributed by atoms with Gasteiger partial charge in [0.2, 0.25) is 0 Å². The van der Waals surface area contributed by atoms with Crippen molar-refractivity contribution in [3.05, 3.63) is 88.0 Å². The first-order valence-corrected chi connectivity index (χ1v) is 13.3. The SMILES string of the molecule is Cc1cc(F)ccc1-c1cc(C2CCC(CC(=O)O)CC2)ncc1C(C)(C)c1cc(C(F)(F)F)cc(C(F)(F)F)c1. The summed E-state index contributed by atoms with van der Waals surface area (Å²) in [6.07, 6.45) is -5.64. The molecule has 0 aliphatic heterocycles. The Balaban J connectivity index is 1.85. The van der Waals surface area contributed by atoms with E-state index in [0.717, 1.165) is 12.1 Å². The number of halogens is 7. The average Bonchev–Trinajstić information content (AvgIpc) is 2.87. The van der Waals surface area contributed by atoms with Crippen molar-refractivity contribution in [2.75, 3.05) is 0 Å². The summed E-state index contributed by atoms with van der Waals surface area (Å²) in [5.41, 5.74) is -1.61. The smallest absolute Gasteiger partial charge is 0.416 e. The highest BCUT2D eigenvalue weighted by atomic mass is 19.4. The fraction of sp³-hybridized carbons (Fsp3) is 0.419. The van der Waals surface area contributed by atoms with Gasteiger partial charge in [0, 0.05) is 29.6 Å². The van der Waals surface area contributed by atoms with Gasteiger partial charge in [0.15, 0.2) is 0 Å². The molecule has 0 atom stereocenters. The average molecular weight is 582 g/mol. The first-order chi connectivity index (χ1) is 19.0. The van der Waals surface area contributed by atoms with Gasteiger partial charge in [-0.25, -0.2) is 4.39 Å². The number of aliphatic carboxylic acids is 1. The lowest BCUT2D eigenvalue weighted by Crippen LogP contribution is -2.24. The summed E-state index contributed by atoms with van der Waals surface area (Å²) in [6, 6.07) is 7.46. The molecule has 0 unspecified atom stereocenters. The molecule has 0 radical (unpaired) electrons. The third kappa shape index (κ3) is 6.73. The Kier molecular flexibility index (Phi) is 8.26. The molecule has 2 aromatic carbocycles. The van der Waals surface area contributed by atoms with Gasteiger partial charge in [-0.15, -0.1) is 0 Å². The Morgan fingerprint density at radius 1 is 0.854 bits per heavy atom. The number of nitrogens with zero attached hydrogens (tertiary/aromatic N) is 1. The number of rotatable bonds is 6. The summed E-state index contributed by atoms with van der Waals surface area (Å²) in [6.45, 7) is 4.76. The van der Waals surface area contributed by atoms with Crippen molar-refractivity contribution >= 4 is 5.97 Å². The number of benzene rings is 2. The molecule has 0 amide bonds. The summed E-state index contributed by atoms with van der Waals surface area (Å²) >= 11 is 0. The van der Waals surface area contributed by atoms with Crippen LogP contribution in [0.15, 0.2) is 48.7 Å². The largest absolute Gasteiger partial charge is 0.481 e. The Labute approximate surface area is 233 Å². The van der Waals surface area contributed by atoms with Gasteiger partial charge in [0.25, 0.3) is 0 Å². The molecule has 1 aromatic heterocycles. The number of carboxylic acids is 1. The molecule has 1 saturated carbocycles. The molecule has 0 bridgehead atoms. The van der Waals surface area contributed by atoms with Crippen molar-refractivity contribution in [1.82, 2.24) is 4.98 Å². The summed E-state index contributed by atoms with van der Waals surface area (Å²) in [7, 11) is 0. The predicted molar refractivity (Wildman–Crippen MR) is 140 cm³/mol.